The Bertz CT molecular complexity index is 421. The Balaban J connectivity index is 3.05. The highest BCUT2D eigenvalue weighted by atomic mass is 79.9. The van der Waals surface area contributed by atoms with E-state index in [4.69, 9.17) is 5.84 Å². The number of nitrogens with one attached hydrogen (secondary N) is 1. The molecule has 0 atom stereocenters. The maximum absolute atomic E-state index is 12.4. The van der Waals surface area contributed by atoms with Gasteiger partial charge in [-0.3, -0.25) is 4.79 Å². The number of rotatable bonds is 5. The molecule has 18 heavy (non-hydrogen) atoms. The van der Waals surface area contributed by atoms with Crippen molar-refractivity contribution in [2.45, 2.75) is 32.7 Å². The fourth-order valence-electron chi connectivity index (χ4n) is 1.91. The first-order chi connectivity index (χ1) is 8.54. The molecule has 1 aromatic rings. The van der Waals surface area contributed by atoms with Gasteiger partial charge in [-0.05, 0) is 34.8 Å². The topological polar surface area (TPSA) is 71.2 Å². The third-order valence-electron chi connectivity index (χ3n) is 3.03. The largest absolute Gasteiger partial charge is 0.339 e. The molecule has 0 spiro atoms. The summed E-state index contributed by atoms with van der Waals surface area (Å²) in [5.74, 6) is 5.69. The molecular formula is C12H19BrN4O. The number of aromatic nitrogens is 1. The molecule has 1 rings (SSSR count). The van der Waals surface area contributed by atoms with Crippen LogP contribution < -0.4 is 11.3 Å². The number of carbonyl (C=O) groups excluding carboxylic acids is 1. The van der Waals surface area contributed by atoms with Crippen LogP contribution in [0.3, 0.4) is 0 Å². The Labute approximate surface area is 116 Å². The third kappa shape index (κ3) is 3.20. The van der Waals surface area contributed by atoms with E-state index in [1.54, 1.807) is 24.2 Å². The van der Waals surface area contributed by atoms with Crippen molar-refractivity contribution >= 4 is 27.7 Å². The number of nitrogen functional groups attached to an aromatic ring is 1. The molecule has 0 aliphatic heterocycles. The molecule has 0 radical (unpaired) electrons. The van der Waals surface area contributed by atoms with E-state index in [-0.39, 0.29) is 11.9 Å². The summed E-state index contributed by atoms with van der Waals surface area (Å²) in [7, 11) is 1.81. The zero-order valence-electron chi connectivity index (χ0n) is 10.9. The lowest BCUT2D eigenvalue weighted by molar-refractivity contribution is 0.0724. The van der Waals surface area contributed by atoms with Crippen LogP contribution in [0.2, 0.25) is 0 Å². The lowest BCUT2D eigenvalue weighted by Gasteiger charge is -2.26. The zero-order chi connectivity index (χ0) is 13.7. The molecule has 5 nitrogen and oxygen atoms in total. The number of hydrazine groups is 1. The van der Waals surface area contributed by atoms with Gasteiger partial charge in [0.25, 0.3) is 5.91 Å². The second-order valence-electron chi connectivity index (χ2n) is 4.08. The van der Waals surface area contributed by atoms with Crippen LogP contribution >= 0.6 is 15.9 Å². The SMILES string of the molecule is CCC(CC)N(C)C(=O)c1cc(Br)cnc1NN. The Hall–Kier alpha value is -1.14. The predicted molar refractivity (Wildman–Crippen MR) is 76.2 cm³/mol. The molecule has 6 heteroatoms. The van der Waals surface area contributed by atoms with E-state index in [1.807, 2.05) is 0 Å². The average Bonchev–Trinajstić information content (AvgIpc) is 2.39. The minimum atomic E-state index is -0.0783. The summed E-state index contributed by atoms with van der Waals surface area (Å²) in [6, 6.07) is 1.95. The van der Waals surface area contributed by atoms with Crippen molar-refractivity contribution in [1.82, 2.24) is 9.88 Å². The summed E-state index contributed by atoms with van der Waals surface area (Å²) >= 11 is 3.31. The van der Waals surface area contributed by atoms with E-state index in [0.717, 1.165) is 17.3 Å². The molecule has 0 saturated heterocycles. The van der Waals surface area contributed by atoms with Gasteiger partial charge in [-0.15, -0.1) is 0 Å². The smallest absolute Gasteiger partial charge is 0.257 e. The zero-order valence-corrected chi connectivity index (χ0v) is 12.5. The molecule has 0 fully saturated rings. The van der Waals surface area contributed by atoms with Crippen LogP contribution in [0.5, 0.6) is 0 Å². The molecule has 1 amide bonds. The summed E-state index contributed by atoms with van der Waals surface area (Å²) in [5, 5.41) is 0. The van der Waals surface area contributed by atoms with Crippen molar-refractivity contribution in [3.8, 4) is 0 Å². The van der Waals surface area contributed by atoms with Crippen molar-refractivity contribution in [2.75, 3.05) is 12.5 Å². The second-order valence-corrected chi connectivity index (χ2v) is 5.00. The molecule has 1 aromatic heterocycles. The number of amides is 1. The first-order valence-electron chi connectivity index (χ1n) is 5.94. The second kappa shape index (κ2) is 6.70. The normalized spacial score (nSPS) is 10.6. The van der Waals surface area contributed by atoms with Crippen LogP contribution in [0.4, 0.5) is 5.82 Å². The Morgan fingerprint density at radius 1 is 1.56 bits per heavy atom. The van der Waals surface area contributed by atoms with Gasteiger partial charge in [-0.2, -0.15) is 0 Å². The van der Waals surface area contributed by atoms with E-state index in [1.165, 1.54) is 0 Å². The molecule has 0 saturated carbocycles. The first-order valence-corrected chi connectivity index (χ1v) is 6.73. The van der Waals surface area contributed by atoms with E-state index >= 15 is 0 Å². The van der Waals surface area contributed by atoms with Crippen molar-refractivity contribution in [3.05, 3.63) is 22.3 Å². The predicted octanol–water partition coefficient (Wildman–Crippen LogP) is 2.39. The van der Waals surface area contributed by atoms with Crippen molar-refractivity contribution < 1.29 is 4.79 Å². The third-order valence-corrected chi connectivity index (χ3v) is 3.47. The molecule has 100 valence electrons. The summed E-state index contributed by atoms with van der Waals surface area (Å²) < 4.78 is 0.753. The monoisotopic (exact) mass is 314 g/mol. The minimum absolute atomic E-state index is 0.0783. The van der Waals surface area contributed by atoms with E-state index < -0.39 is 0 Å². The Kier molecular flexibility index (Phi) is 5.55. The van der Waals surface area contributed by atoms with Crippen molar-refractivity contribution in [3.63, 3.8) is 0 Å². The minimum Gasteiger partial charge on any atom is -0.339 e. The fraction of sp³-hybridized carbons (Fsp3) is 0.500. The number of halogens is 1. The van der Waals surface area contributed by atoms with Gasteiger partial charge in [0, 0.05) is 23.8 Å². The Morgan fingerprint density at radius 3 is 2.67 bits per heavy atom. The van der Waals surface area contributed by atoms with Crippen LogP contribution in [0.1, 0.15) is 37.0 Å². The molecule has 0 aromatic carbocycles. The van der Waals surface area contributed by atoms with Gasteiger partial charge in [-0.1, -0.05) is 13.8 Å². The highest BCUT2D eigenvalue weighted by molar-refractivity contribution is 9.10. The van der Waals surface area contributed by atoms with Gasteiger partial charge in [0.2, 0.25) is 0 Å². The number of anilines is 1. The van der Waals surface area contributed by atoms with Crippen LogP contribution in [-0.2, 0) is 0 Å². The van der Waals surface area contributed by atoms with Gasteiger partial charge in [0.15, 0.2) is 5.82 Å². The maximum Gasteiger partial charge on any atom is 0.257 e. The molecular weight excluding hydrogens is 296 g/mol. The maximum atomic E-state index is 12.4. The molecule has 1 heterocycles. The highest BCUT2D eigenvalue weighted by Crippen LogP contribution is 2.20. The molecule has 3 N–H and O–H groups in total. The summed E-state index contributed by atoms with van der Waals surface area (Å²) in [5.41, 5.74) is 2.93. The number of hydrogen-bond donors (Lipinski definition) is 2. The van der Waals surface area contributed by atoms with Crippen LogP contribution in [0.15, 0.2) is 16.7 Å². The summed E-state index contributed by atoms with van der Waals surface area (Å²) in [6.45, 7) is 4.14. The van der Waals surface area contributed by atoms with Crippen LogP contribution in [0.25, 0.3) is 0 Å². The average molecular weight is 315 g/mol. The van der Waals surface area contributed by atoms with Crippen molar-refractivity contribution in [1.29, 1.82) is 0 Å². The molecule has 0 aliphatic carbocycles. The van der Waals surface area contributed by atoms with E-state index in [9.17, 15) is 4.79 Å². The first kappa shape index (κ1) is 14.9. The fourth-order valence-corrected chi connectivity index (χ4v) is 2.24. The van der Waals surface area contributed by atoms with Gasteiger partial charge in [0.1, 0.15) is 0 Å². The Morgan fingerprint density at radius 2 is 2.17 bits per heavy atom. The standard InChI is InChI=1S/C12H19BrN4O/c1-4-9(5-2)17(3)12(18)10-6-8(13)7-15-11(10)16-14/h6-7,9H,4-5,14H2,1-3H3,(H,15,16). The van der Waals surface area contributed by atoms with Gasteiger partial charge >= 0.3 is 0 Å². The van der Waals surface area contributed by atoms with Crippen LogP contribution in [-0.4, -0.2) is 28.9 Å². The highest BCUT2D eigenvalue weighted by Gasteiger charge is 2.21. The number of nitrogens with zero attached hydrogens (tertiary/aromatic N) is 2. The van der Waals surface area contributed by atoms with Gasteiger partial charge in [-0.25, -0.2) is 10.8 Å². The van der Waals surface area contributed by atoms with Crippen LogP contribution in [0, 0.1) is 0 Å². The molecule has 0 unspecified atom stereocenters. The lowest BCUT2D eigenvalue weighted by atomic mass is 10.1. The number of hydrogen-bond acceptors (Lipinski definition) is 4. The van der Waals surface area contributed by atoms with Gasteiger partial charge < -0.3 is 10.3 Å². The van der Waals surface area contributed by atoms with E-state index in [0.29, 0.717) is 11.4 Å². The molecule has 0 bridgehead atoms. The van der Waals surface area contributed by atoms with E-state index in [2.05, 4.69) is 40.2 Å². The van der Waals surface area contributed by atoms with Crippen molar-refractivity contribution in [2.24, 2.45) is 5.84 Å². The number of carbonyl (C=O) groups is 1. The lowest BCUT2D eigenvalue weighted by Crippen LogP contribution is -2.37. The molecule has 0 aliphatic rings. The number of nitrogens with two attached hydrogens (primary N) is 1. The summed E-state index contributed by atoms with van der Waals surface area (Å²) in [6.07, 6.45) is 3.44. The quantitative estimate of drug-likeness (QED) is 0.646. The summed E-state index contributed by atoms with van der Waals surface area (Å²) in [4.78, 5) is 18.2. The van der Waals surface area contributed by atoms with Gasteiger partial charge in [0.05, 0.1) is 5.56 Å². The number of pyridine rings is 1.